The van der Waals surface area contributed by atoms with Crippen molar-refractivity contribution in [2.24, 2.45) is 0 Å². The predicted octanol–water partition coefficient (Wildman–Crippen LogP) is 4.12. The smallest absolute Gasteiger partial charge is 0.128 e. The molecule has 100 valence electrons. The molecule has 0 heterocycles. The molecule has 0 spiro atoms. The van der Waals surface area contributed by atoms with Gasteiger partial charge in [-0.2, -0.15) is 0 Å². The first-order valence-electron chi connectivity index (χ1n) is 5.97. The summed E-state index contributed by atoms with van der Waals surface area (Å²) in [5.74, 6) is -0.845. The van der Waals surface area contributed by atoms with Crippen LogP contribution in [0, 0.1) is 11.6 Å². The lowest BCUT2D eigenvalue weighted by Gasteiger charge is -2.17. The quantitative estimate of drug-likeness (QED) is 0.889. The molecule has 0 saturated carbocycles. The van der Waals surface area contributed by atoms with Gasteiger partial charge in [0.05, 0.1) is 0 Å². The molecular formula is C15H14ClF2N. The van der Waals surface area contributed by atoms with E-state index in [0.29, 0.717) is 17.0 Å². The van der Waals surface area contributed by atoms with E-state index in [0.717, 1.165) is 17.7 Å². The van der Waals surface area contributed by atoms with Gasteiger partial charge in [-0.3, -0.25) is 0 Å². The second-order valence-corrected chi connectivity index (χ2v) is 4.77. The Morgan fingerprint density at radius 1 is 1.11 bits per heavy atom. The van der Waals surface area contributed by atoms with Crippen molar-refractivity contribution in [2.45, 2.75) is 12.5 Å². The van der Waals surface area contributed by atoms with Crippen LogP contribution in [-0.2, 0) is 6.42 Å². The summed E-state index contributed by atoms with van der Waals surface area (Å²) in [6.07, 6.45) is 0.564. The van der Waals surface area contributed by atoms with E-state index >= 15 is 0 Å². The minimum Gasteiger partial charge on any atom is -0.313 e. The van der Waals surface area contributed by atoms with Crippen molar-refractivity contribution in [1.29, 1.82) is 0 Å². The molecule has 0 fully saturated rings. The molecule has 1 atom stereocenters. The average Bonchev–Trinajstić information content (AvgIpc) is 2.41. The Kier molecular flexibility index (Phi) is 4.51. The van der Waals surface area contributed by atoms with Gasteiger partial charge >= 0.3 is 0 Å². The highest BCUT2D eigenvalue weighted by Crippen LogP contribution is 2.22. The molecule has 19 heavy (non-hydrogen) atoms. The molecule has 1 N–H and O–H groups in total. The largest absolute Gasteiger partial charge is 0.313 e. The topological polar surface area (TPSA) is 12.0 Å². The first kappa shape index (κ1) is 14.0. The van der Waals surface area contributed by atoms with E-state index in [1.54, 1.807) is 19.2 Å². The van der Waals surface area contributed by atoms with Gasteiger partial charge in [0.2, 0.25) is 0 Å². The first-order chi connectivity index (χ1) is 9.10. The fourth-order valence-corrected chi connectivity index (χ4v) is 2.13. The molecule has 0 bridgehead atoms. The average molecular weight is 282 g/mol. The van der Waals surface area contributed by atoms with Gasteiger partial charge in [-0.05, 0) is 49.4 Å². The zero-order valence-corrected chi connectivity index (χ0v) is 11.2. The van der Waals surface area contributed by atoms with Crippen LogP contribution in [0.2, 0.25) is 5.02 Å². The van der Waals surface area contributed by atoms with Gasteiger partial charge in [-0.1, -0.05) is 23.7 Å². The zero-order chi connectivity index (χ0) is 13.8. The summed E-state index contributed by atoms with van der Waals surface area (Å²) < 4.78 is 27.0. The molecule has 2 aromatic carbocycles. The van der Waals surface area contributed by atoms with Crippen LogP contribution in [0.5, 0.6) is 0 Å². The van der Waals surface area contributed by atoms with Gasteiger partial charge in [-0.15, -0.1) is 0 Å². The highest BCUT2D eigenvalue weighted by molar-refractivity contribution is 6.30. The highest BCUT2D eigenvalue weighted by atomic mass is 35.5. The van der Waals surface area contributed by atoms with Crippen molar-refractivity contribution in [2.75, 3.05) is 7.05 Å². The molecule has 0 radical (unpaired) electrons. The van der Waals surface area contributed by atoms with Crippen LogP contribution < -0.4 is 5.32 Å². The van der Waals surface area contributed by atoms with E-state index in [-0.39, 0.29) is 6.04 Å². The summed E-state index contributed by atoms with van der Waals surface area (Å²) in [4.78, 5) is 0. The number of nitrogens with one attached hydrogen (secondary N) is 1. The van der Waals surface area contributed by atoms with Crippen LogP contribution in [0.25, 0.3) is 0 Å². The van der Waals surface area contributed by atoms with Crippen LogP contribution in [0.1, 0.15) is 17.2 Å². The van der Waals surface area contributed by atoms with Crippen LogP contribution in [0.15, 0.2) is 42.5 Å². The fourth-order valence-electron chi connectivity index (χ4n) is 2.01. The summed E-state index contributed by atoms with van der Waals surface area (Å²) >= 11 is 5.82. The Labute approximate surface area is 116 Å². The standard InChI is InChI=1S/C15H14ClF2N/c1-19-15(8-10-2-4-11(16)5-3-10)13-9-12(17)6-7-14(13)18/h2-7,9,15,19H,8H2,1H3. The lowest BCUT2D eigenvalue weighted by Crippen LogP contribution is -2.20. The van der Waals surface area contributed by atoms with Gasteiger partial charge < -0.3 is 5.32 Å². The first-order valence-corrected chi connectivity index (χ1v) is 6.34. The molecule has 2 rings (SSSR count). The number of halogens is 3. The van der Waals surface area contributed by atoms with Crippen molar-refractivity contribution < 1.29 is 8.78 Å². The predicted molar refractivity (Wildman–Crippen MR) is 73.3 cm³/mol. The van der Waals surface area contributed by atoms with Crippen LogP contribution in [0.3, 0.4) is 0 Å². The molecule has 0 saturated heterocycles. The van der Waals surface area contributed by atoms with Crippen molar-refractivity contribution >= 4 is 11.6 Å². The van der Waals surface area contributed by atoms with Crippen molar-refractivity contribution in [3.63, 3.8) is 0 Å². The van der Waals surface area contributed by atoms with Gasteiger partial charge in [-0.25, -0.2) is 8.78 Å². The van der Waals surface area contributed by atoms with E-state index in [9.17, 15) is 8.78 Å². The second kappa shape index (κ2) is 6.13. The summed E-state index contributed by atoms with van der Waals surface area (Å²) in [6, 6.07) is 10.5. The Hall–Kier alpha value is -1.45. The molecule has 0 aromatic heterocycles. The lowest BCUT2D eigenvalue weighted by molar-refractivity contribution is 0.523. The molecule has 0 aliphatic heterocycles. The Balaban J connectivity index is 2.24. The monoisotopic (exact) mass is 281 g/mol. The second-order valence-electron chi connectivity index (χ2n) is 4.34. The molecular weight excluding hydrogens is 268 g/mol. The maximum atomic E-state index is 13.7. The summed E-state index contributed by atoms with van der Waals surface area (Å²) in [7, 11) is 1.73. The summed E-state index contributed by atoms with van der Waals surface area (Å²) in [6.45, 7) is 0. The number of hydrogen-bond donors (Lipinski definition) is 1. The Morgan fingerprint density at radius 2 is 1.79 bits per heavy atom. The molecule has 4 heteroatoms. The minimum atomic E-state index is -0.437. The van der Waals surface area contributed by atoms with Gasteiger partial charge in [0.1, 0.15) is 11.6 Å². The highest BCUT2D eigenvalue weighted by Gasteiger charge is 2.15. The van der Waals surface area contributed by atoms with Gasteiger partial charge in [0, 0.05) is 16.6 Å². The summed E-state index contributed by atoms with van der Waals surface area (Å²) in [5, 5.41) is 3.66. The third kappa shape index (κ3) is 3.52. The van der Waals surface area contributed by atoms with E-state index in [1.807, 2.05) is 12.1 Å². The Bertz CT molecular complexity index is 555. The zero-order valence-electron chi connectivity index (χ0n) is 10.5. The molecule has 1 nitrogen and oxygen atoms in total. The normalized spacial score (nSPS) is 12.4. The third-order valence-electron chi connectivity index (χ3n) is 3.04. The van der Waals surface area contributed by atoms with E-state index < -0.39 is 11.6 Å². The fraction of sp³-hybridized carbons (Fsp3) is 0.200. The van der Waals surface area contributed by atoms with Gasteiger partial charge in [0.15, 0.2) is 0 Å². The van der Waals surface area contributed by atoms with Crippen molar-refractivity contribution in [1.82, 2.24) is 5.32 Å². The number of hydrogen-bond acceptors (Lipinski definition) is 1. The molecule has 1 unspecified atom stereocenters. The number of benzene rings is 2. The Morgan fingerprint density at radius 3 is 2.42 bits per heavy atom. The molecule has 2 aromatic rings. The maximum absolute atomic E-state index is 13.7. The number of rotatable bonds is 4. The van der Waals surface area contributed by atoms with E-state index in [2.05, 4.69) is 5.32 Å². The number of likely N-dealkylation sites (N-methyl/N-ethyl adjacent to an activating group) is 1. The van der Waals surface area contributed by atoms with E-state index in [4.69, 9.17) is 11.6 Å². The minimum absolute atomic E-state index is 0.281. The van der Waals surface area contributed by atoms with Crippen molar-refractivity contribution in [3.8, 4) is 0 Å². The van der Waals surface area contributed by atoms with Crippen LogP contribution in [0.4, 0.5) is 8.78 Å². The van der Waals surface area contributed by atoms with Gasteiger partial charge in [0.25, 0.3) is 0 Å². The molecule has 0 aliphatic rings. The maximum Gasteiger partial charge on any atom is 0.128 e. The third-order valence-corrected chi connectivity index (χ3v) is 3.29. The van der Waals surface area contributed by atoms with E-state index in [1.165, 1.54) is 6.07 Å². The molecule has 0 aliphatic carbocycles. The lowest BCUT2D eigenvalue weighted by atomic mass is 9.98. The SMILES string of the molecule is CNC(Cc1ccc(Cl)cc1)c1cc(F)ccc1F. The van der Waals surface area contributed by atoms with Crippen molar-refractivity contribution in [3.05, 3.63) is 70.2 Å². The van der Waals surface area contributed by atoms with Crippen LogP contribution >= 0.6 is 11.6 Å². The van der Waals surface area contributed by atoms with Crippen LogP contribution in [-0.4, -0.2) is 7.05 Å². The summed E-state index contributed by atoms with van der Waals surface area (Å²) in [5.41, 5.74) is 1.34. The molecule has 0 amide bonds.